The predicted octanol–water partition coefficient (Wildman–Crippen LogP) is 4.82. The summed E-state index contributed by atoms with van der Waals surface area (Å²) in [5.74, 6) is 0. The zero-order chi connectivity index (χ0) is 15.1. The average molecular weight is 278 g/mol. The van der Waals surface area contributed by atoms with Crippen LogP contribution in [0.3, 0.4) is 0 Å². The lowest BCUT2D eigenvalue weighted by atomic mass is 10.2. The van der Waals surface area contributed by atoms with E-state index in [1.54, 1.807) is 18.2 Å². The van der Waals surface area contributed by atoms with Crippen LogP contribution in [0.4, 0.5) is 17.1 Å². The zero-order valence-electron chi connectivity index (χ0n) is 12.3. The highest BCUT2D eigenvalue weighted by Crippen LogP contribution is 2.22. The number of rotatable bonds is 5. The molecule has 2 rings (SSSR count). The van der Waals surface area contributed by atoms with Crippen molar-refractivity contribution in [3.8, 4) is 6.07 Å². The fourth-order valence-electron chi connectivity index (χ4n) is 2.07. The molecule has 0 unspecified atom stereocenters. The number of nitriles is 1. The van der Waals surface area contributed by atoms with E-state index in [9.17, 15) is 0 Å². The molecule has 0 radical (unpaired) electrons. The molecule has 0 spiro atoms. The minimum absolute atomic E-state index is 0.586. The topological polar surface area (TPSA) is 51.8 Å². The maximum absolute atomic E-state index is 8.85. The van der Waals surface area contributed by atoms with Crippen LogP contribution >= 0.6 is 0 Å². The van der Waals surface area contributed by atoms with Crippen molar-refractivity contribution in [1.29, 1.82) is 5.26 Å². The summed E-state index contributed by atoms with van der Waals surface area (Å²) in [6.45, 7) is 6.25. The second-order valence-corrected chi connectivity index (χ2v) is 4.55. The lowest BCUT2D eigenvalue weighted by Crippen LogP contribution is -2.21. The van der Waals surface area contributed by atoms with E-state index in [0.717, 1.165) is 18.8 Å². The van der Waals surface area contributed by atoms with Gasteiger partial charge in [-0.3, -0.25) is 0 Å². The van der Waals surface area contributed by atoms with Crippen molar-refractivity contribution in [1.82, 2.24) is 0 Å². The summed E-state index contributed by atoms with van der Waals surface area (Å²) >= 11 is 0. The van der Waals surface area contributed by atoms with E-state index in [2.05, 4.69) is 35.0 Å². The molecule has 0 aliphatic carbocycles. The Morgan fingerprint density at radius 1 is 0.952 bits per heavy atom. The summed E-state index contributed by atoms with van der Waals surface area (Å²) in [5.41, 5.74) is 3.25. The van der Waals surface area contributed by atoms with Gasteiger partial charge in [-0.1, -0.05) is 6.07 Å². The summed E-state index contributed by atoms with van der Waals surface area (Å²) in [7, 11) is 0. The summed E-state index contributed by atoms with van der Waals surface area (Å²) in [4.78, 5) is 2.28. The largest absolute Gasteiger partial charge is 0.372 e. The highest BCUT2D eigenvalue weighted by molar-refractivity contribution is 5.53. The maximum atomic E-state index is 8.85. The SMILES string of the molecule is CCN(CC)c1ccc(N=Nc2cccc(C#N)c2)cc1. The first-order valence-electron chi connectivity index (χ1n) is 7.03. The Balaban J connectivity index is 2.12. The van der Waals surface area contributed by atoms with Gasteiger partial charge in [0, 0.05) is 18.8 Å². The van der Waals surface area contributed by atoms with E-state index in [1.165, 1.54) is 5.69 Å². The van der Waals surface area contributed by atoms with E-state index < -0.39 is 0 Å². The third-order valence-electron chi connectivity index (χ3n) is 3.23. The lowest BCUT2D eigenvalue weighted by molar-refractivity contribution is 0.866. The molecule has 4 nitrogen and oxygen atoms in total. The molecule has 2 aromatic carbocycles. The third kappa shape index (κ3) is 3.90. The first kappa shape index (κ1) is 14.7. The standard InChI is InChI=1S/C17H18N4/c1-3-21(4-2)17-10-8-15(9-11-17)19-20-16-7-5-6-14(12-16)13-18/h5-12H,3-4H2,1-2H3. The summed E-state index contributed by atoms with van der Waals surface area (Å²) in [5, 5.41) is 17.2. The highest BCUT2D eigenvalue weighted by Gasteiger charge is 2.00. The molecule has 0 bridgehead atoms. The molecule has 0 amide bonds. The smallest absolute Gasteiger partial charge is 0.0992 e. The number of hydrogen-bond donors (Lipinski definition) is 0. The van der Waals surface area contributed by atoms with E-state index in [-0.39, 0.29) is 0 Å². The molecule has 0 saturated heterocycles. The van der Waals surface area contributed by atoms with E-state index >= 15 is 0 Å². The van der Waals surface area contributed by atoms with Gasteiger partial charge in [0.2, 0.25) is 0 Å². The quantitative estimate of drug-likeness (QED) is 0.736. The molecule has 0 atom stereocenters. The van der Waals surface area contributed by atoms with Gasteiger partial charge in [0.25, 0.3) is 0 Å². The fourth-order valence-corrected chi connectivity index (χ4v) is 2.07. The normalized spacial score (nSPS) is 10.5. The van der Waals surface area contributed by atoms with Crippen molar-refractivity contribution in [2.45, 2.75) is 13.8 Å². The molecule has 106 valence electrons. The van der Waals surface area contributed by atoms with Gasteiger partial charge in [-0.15, -0.1) is 0 Å². The summed E-state index contributed by atoms with van der Waals surface area (Å²) in [6, 6.07) is 17.2. The summed E-state index contributed by atoms with van der Waals surface area (Å²) in [6.07, 6.45) is 0. The van der Waals surface area contributed by atoms with E-state index in [4.69, 9.17) is 5.26 Å². The van der Waals surface area contributed by atoms with Crippen molar-refractivity contribution < 1.29 is 0 Å². The second-order valence-electron chi connectivity index (χ2n) is 4.55. The van der Waals surface area contributed by atoms with Crippen molar-refractivity contribution in [3.05, 3.63) is 54.1 Å². The first-order valence-corrected chi connectivity index (χ1v) is 7.03. The van der Waals surface area contributed by atoms with Gasteiger partial charge in [-0.25, -0.2) is 0 Å². The van der Waals surface area contributed by atoms with Gasteiger partial charge in [0.05, 0.1) is 23.0 Å². The van der Waals surface area contributed by atoms with Crippen LogP contribution in [0, 0.1) is 11.3 Å². The van der Waals surface area contributed by atoms with Gasteiger partial charge >= 0.3 is 0 Å². The van der Waals surface area contributed by atoms with Gasteiger partial charge in [-0.05, 0) is 56.3 Å². The zero-order valence-corrected chi connectivity index (χ0v) is 12.3. The van der Waals surface area contributed by atoms with Crippen LogP contribution in [0.1, 0.15) is 19.4 Å². The molecule has 21 heavy (non-hydrogen) atoms. The van der Waals surface area contributed by atoms with Crippen LogP contribution in [0.25, 0.3) is 0 Å². The third-order valence-corrected chi connectivity index (χ3v) is 3.23. The lowest BCUT2D eigenvalue weighted by Gasteiger charge is -2.20. The molecule has 2 aromatic rings. The maximum Gasteiger partial charge on any atom is 0.0992 e. The Morgan fingerprint density at radius 3 is 2.24 bits per heavy atom. The molecule has 0 N–H and O–H groups in total. The molecule has 0 aliphatic heterocycles. The van der Waals surface area contributed by atoms with Crippen LogP contribution < -0.4 is 4.90 Å². The number of anilines is 1. The van der Waals surface area contributed by atoms with Crippen molar-refractivity contribution in [2.75, 3.05) is 18.0 Å². The molecule has 0 aromatic heterocycles. The molecule has 0 fully saturated rings. The van der Waals surface area contributed by atoms with Crippen LogP contribution in [0.2, 0.25) is 0 Å². The summed E-state index contributed by atoms with van der Waals surface area (Å²) < 4.78 is 0. The monoisotopic (exact) mass is 278 g/mol. The van der Waals surface area contributed by atoms with Crippen LogP contribution in [-0.4, -0.2) is 13.1 Å². The van der Waals surface area contributed by atoms with Gasteiger partial charge < -0.3 is 4.90 Å². The first-order chi connectivity index (χ1) is 10.3. The molecule has 4 heteroatoms. The highest BCUT2D eigenvalue weighted by atomic mass is 15.1. The molecule has 0 saturated carbocycles. The Kier molecular flexibility index (Phi) is 5.05. The molecular formula is C17H18N4. The van der Waals surface area contributed by atoms with E-state index in [1.807, 2.05) is 30.3 Å². The van der Waals surface area contributed by atoms with Crippen LogP contribution in [0.15, 0.2) is 58.8 Å². The second kappa shape index (κ2) is 7.20. The predicted molar refractivity (Wildman–Crippen MR) is 85.3 cm³/mol. The van der Waals surface area contributed by atoms with E-state index in [0.29, 0.717) is 11.3 Å². The Hall–Kier alpha value is -2.67. The number of azo groups is 1. The average Bonchev–Trinajstić information content (AvgIpc) is 2.55. The van der Waals surface area contributed by atoms with Crippen molar-refractivity contribution in [2.24, 2.45) is 10.2 Å². The Labute approximate surface area is 125 Å². The van der Waals surface area contributed by atoms with Crippen molar-refractivity contribution in [3.63, 3.8) is 0 Å². The molecular weight excluding hydrogens is 260 g/mol. The van der Waals surface area contributed by atoms with Crippen LogP contribution in [0.5, 0.6) is 0 Å². The Morgan fingerprint density at radius 2 is 1.62 bits per heavy atom. The van der Waals surface area contributed by atoms with Gasteiger partial charge in [-0.2, -0.15) is 15.5 Å². The van der Waals surface area contributed by atoms with Crippen molar-refractivity contribution >= 4 is 17.1 Å². The molecule has 0 heterocycles. The van der Waals surface area contributed by atoms with Gasteiger partial charge in [0.15, 0.2) is 0 Å². The fraction of sp³-hybridized carbons (Fsp3) is 0.235. The minimum atomic E-state index is 0.586. The molecule has 0 aliphatic rings. The van der Waals surface area contributed by atoms with Crippen LogP contribution in [-0.2, 0) is 0 Å². The minimum Gasteiger partial charge on any atom is -0.372 e. The number of nitrogens with zero attached hydrogens (tertiary/aromatic N) is 4. The number of benzene rings is 2. The van der Waals surface area contributed by atoms with Gasteiger partial charge in [0.1, 0.15) is 0 Å². The Bertz CT molecular complexity index is 649. The number of hydrogen-bond acceptors (Lipinski definition) is 4.